The van der Waals surface area contributed by atoms with E-state index in [-0.39, 0.29) is 0 Å². The van der Waals surface area contributed by atoms with E-state index in [9.17, 15) is 5.11 Å². The van der Waals surface area contributed by atoms with Gasteiger partial charge in [-0.15, -0.1) is 0 Å². The average molecular weight is 264 g/mol. The summed E-state index contributed by atoms with van der Waals surface area (Å²) in [6.07, 6.45) is 4.88. The number of para-hydroxylation sites is 1. The molecule has 0 bridgehead atoms. The number of hydrogen-bond acceptors (Lipinski definition) is 3. The maximum atomic E-state index is 9.65. The lowest BCUT2D eigenvalue weighted by Gasteiger charge is -2.04. The standard InChI is InChI=1S/C13H12O.C4H4N2/c1-10-5-4-6-11(9-10)12-7-2-3-8-13(12)14;1-2-5-4-6-3-1/h2-9,14H,1H3;1-4H. The molecule has 20 heavy (non-hydrogen) atoms. The topological polar surface area (TPSA) is 46.0 Å². The van der Waals surface area contributed by atoms with Gasteiger partial charge in [0.15, 0.2) is 0 Å². The number of phenols is 1. The van der Waals surface area contributed by atoms with Gasteiger partial charge in [-0.3, -0.25) is 0 Å². The number of hydrogen-bond donors (Lipinski definition) is 1. The Morgan fingerprint density at radius 1 is 0.850 bits per heavy atom. The number of rotatable bonds is 1. The van der Waals surface area contributed by atoms with Gasteiger partial charge in [-0.2, -0.15) is 0 Å². The molecule has 3 rings (SSSR count). The Morgan fingerprint density at radius 3 is 2.15 bits per heavy atom. The van der Waals surface area contributed by atoms with Crippen molar-refractivity contribution < 1.29 is 5.11 Å². The third-order valence-corrected chi connectivity index (χ3v) is 2.71. The Balaban J connectivity index is 0.000000205. The maximum absolute atomic E-state index is 9.65. The fourth-order valence-corrected chi connectivity index (χ4v) is 1.78. The first-order chi connectivity index (χ1) is 9.77. The predicted octanol–water partition coefficient (Wildman–Crippen LogP) is 3.84. The Bertz CT molecular complexity index is 627. The third kappa shape index (κ3) is 3.92. The van der Waals surface area contributed by atoms with Gasteiger partial charge in [0, 0.05) is 18.0 Å². The van der Waals surface area contributed by atoms with Gasteiger partial charge in [0.2, 0.25) is 0 Å². The highest BCUT2D eigenvalue weighted by Crippen LogP contribution is 2.28. The molecule has 0 atom stereocenters. The van der Waals surface area contributed by atoms with E-state index >= 15 is 0 Å². The van der Waals surface area contributed by atoms with E-state index in [1.54, 1.807) is 24.5 Å². The zero-order valence-corrected chi connectivity index (χ0v) is 11.3. The van der Waals surface area contributed by atoms with Gasteiger partial charge in [-0.05, 0) is 24.6 Å². The summed E-state index contributed by atoms with van der Waals surface area (Å²) < 4.78 is 0. The van der Waals surface area contributed by atoms with Crippen molar-refractivity contribution in [2.45, 2.75) is 6.92 Å². The van der Waals surface area contributed by atoms with Crippen molar-refractivity contribution in [3.8, 4) is 16.9 Å². The molecule has 1 heterocycles. The minimum absolute atomic E-state index is 0.332. The first kappa shape index (κ1) is 13.7. The fraction of sp³-hybridized carbons (Fsp3) is 0.0588. The molecule has 3 heteroatoms. The highest BCUT2D eigenvalue weighted by molar-refractivity contribution is 5.70. The van der Waals surface area contributed by atoms with Crippen LogP contribution in [0.1, 0.15) is 5.56 Å². The molecule has 2 aromatic carbocycles. The molecule has 1 N–H and O–H groups in total. The number of phenolic OH excluding ortho intramolecular Hbond substituents is 1. The van der Waals surface area contributed by atoms with Crippen molar-refractivity contribution in [1.29, 1.82) is 0 Å². The van der Waals surface area contributed by atoms with Crippen molar-refractivity contribution in [3.05, 3.63) is 78.9 Å². The second kappa shape index (κ2) is 7.04. The summed E-state index contributed by atoms with van der Waals surface area (Å²) in [5.74, 6) is 0.332. The average Bonchev–Trinajstić information content (AvgIpc) is 2.50. The van der Waals surface area contributed by atoms with E-state index in [1.165, 1.54) is 11.9 Å². The summed E-state index contributed by atoms with van der Waals surface area (Å²) in [6, 6.07) is 17.3. The van der Waals surface area contributed by atoms with Crippen LogP contribution in [0.3, 0.4) is 0 Å². The molecular formula is C17H16N2O. The minimum atomic E-state index is 0.332. The van der Waals surface area contributed by atoms with Crippen LogP contribution in [0.15, 0.2) is 73.3 Å². The lowest BCUT2D eigenvalue weighted by molar-refractivity contribution is 0.477. The molecule has 3 nitrogen and oxygen atoms in total. The van der Waals surface area contributed by atoms with Crippen molar-refractivity contribution >= 4 is 0 Å². The van der Waals surface area contributed by atoms with Gasteiger partial charge in [0.1, 0.15) is 12.1 Å². The van der Waals surface area contributed by atoms with Crippen molar-refractivity contribution in [1.82, 2.24) is 9.97 Å². The minimum Gasteiger partial charge on any atom is -0.507 e. The molecule has 1 aromatic heterocycles. The summed E-state index contributed by atoms with van der Waals surface area (Å²) >= 11 is 0. The summed E-state index contributed by atoms with van der Waals surface area (Å²) in [4.78, 5) is 7.35. The van der Waals surface area contributed by atoms with E-state index < -0.39 is 0 Å². The second-order valence-electron chi connectivity index (χ2n) is 4.29. The van der Waals surface area contributed by atoms with Gasteiger partial charge < -0.3 is 5.11 Å². The molecular weight excluding hydrogens is 248 g/mol. The van der Waals surface area contributed by atoms with Crippen LogP contribution in [0.5, 0.6) is 5.75 Å². The van der Waals surface area contributed by atoms with Crippen LogP contribution in [0, 0.1) is 6.92 Å². The number of nitrogens with zero attached hydrogens (tertiary/aromatic N) is 2. The van der Waals surface area contributed by atoms with Crippen LogP contribution in [-0.2, 0) is 0 Å². The van der Waals surface area contributed by atoms with E-state index in [1.807, 2.05) is 43.3 Å². The number of aromatic hydroxyl groups is 1. The summed E-state index contributed by atoms with van der Waals surface area (Å²) in [5, 5.41) is 9.65. The van der Waals surface area contributed by atoms with Crippen molar-refractivity contribution in [2.24, 2.45) is 0 Å². The first-order valence-electron chi connectivity index (χ1n) is 6.32. The van der Waals surface area contributed by atoms with E-state index in [0.717, 1.165) is 11.1 Å². The highest BCUT2D eigenvalue weighted by Gasteiger charge is 2.01. The van der Waals surface area contributed by atoms with E-state index in [2.05, 4.69) is 16.0 Å². The highest BCUT2D eigenvalue weighted by atomic mass is 16.3. The van der Waals surface area contributed by atoms with E-state index in [4.69, 9.17) is 0 Å². The van der Waals surface area contributed by atoms with Crippen LogP contribution in [0.4, 0.5) is 0 Å². The van der Waals surface area contributed by atoms with Crippen LogP contribution in [0.2, 0.25) is 0 Å². The molecule has 0 spiro atoms. The van der Waals surface area contributed by atoms with Crippen LogP contribution >= 0.6 is 0 Å². The smallest absolute Gasteiger partial charge is 0.123 e. The number of aromatic nitrogens is 2. The zero-order chi connectivity index (χ0) is 14.2. The molecule has 0 saturated heterocycles. The monoisotopic (exact) mass is 264 g/mol. The molecule has 3 aromatic rings. The largest absolute Gasteiger partial charge is 0.507 e. The van der Waals surface area contributed by atoms with Crippen LogP contribution in [0.25, 0.3) is 11.1 Å². The molecule has 0 aliphatic rings. The van der Waals surface area contributed by atoms with Crippen LogP contribution < -0.4 is 0 Å². The maximum Gasteiger partial charge on any atom is 0.123 e. The lowest BCUT2D eigenvalue weighted by atomic mass is 10.0. The number of aryl methyl sites for hydroxylation is 1. The number of benzene rings is 2. The Morgan fingerprint density at radius 2 is 1.60 bits per heavy atom. The van der Waals surface area contributed by atoms with Gasteiger partial charge >= 0.3 is 0 Å². The van der Waals surface area contributed by atoms with Gasteiger partial charge in [0.05, 0.1) is 0 Å². The SMILES string of the molecule is Cc1cccc(-c2ccccc2O)c1.c1cncnc1. The van der Waals surface area contributed by atoms with Gasteiger partial charge in [-0.1, -0.05) is 48.0 Å². The van der Waals surface area contributed by atoms with Crippen molar-refractivity contribution in [3.63, 3.8) is 0 Å². The predicted molar refractivity (Wildman–Crippen MR) is 80.3 cm³/mol. The Hall–Kier alpha value is -2.68. The fourth-order valence-electron chi connectivity index (χ4n) is 1.78. The van der Waals surface area contributed by atoms with Crippen LogP contribution in [-0.4, -0.2) is 15.1 Å². The van der Waals surface area contributed by atoms with Gasteiger partial charge in [-0.25, -0.2) is 9.97 Å². The first-order valence-corrected chi connectivity index (χ1v) is 6.32. The van der Waals surface area contributed by atoms with Crippen molar-refractivity contribution in [2.75, 3.05) is 0 Å². The van der Waals surface area contributed by atoms with Gasteiger partial charge in [0.25, 0.3) is 0 Å². The molecule has 0 saturated carbocycles. The Labute approximate surface area is 118 Å². The molecule has 0 aliphatic heterocycles. The van der Waals surface area contributed by atoms with E-state index in [0.29, 0.717) is 5.75 Å². The summed E-state index contributed by atoms with van der Waals surface area (Å²) in [7, 11) is 0. The second-order valence-corrected chi connectivity index (χ2v) is 4.29. The molecule has 0 fully saturated rings. The normalized spacial score (nSPS) is 9.45. The zero-order valence-electron chi connectivity index (χ0n) is 11.3. The molecule has 0 radical (unpaired) electrons. The lowest BCUT2D eigenvalue weighted by Crippen LogP contribution is -1.79. The Kier molecular flexibility index (Phi) is 4.84. The molecule has 100 valence electrons. The third-order valence-electron chi connectivity index (χ3n) is 2.71. The summed E-state index contributed by atoms with van der Waals surface area (Å²) in [5.41, 5.74) is 3.14. The molecule has 0 unspecified atom stereocenters. The summed E-state index contributed by atoms with van der Waals surface area (Å²) in [6.45, 7) is 2.05. The molecule has 0 amide bonds. The quantitative estimate of drug-likeness (QED) is 0.726. The molecule has 0 aliphatic carbocycles.